The van der Waals surface area contributed by atoms with Crippen LogP contribution in [0.3, 0.4) is 0 Å². The molecule has 2 fully saturated rings. The maximum atomic E-state index is 13.0. The second-order valence-corrected chi connectivity index (χ2v) is 10.3. The van der Waals surface area contributed by atoms with Crippen molar-refractivity contribution in [2.24, 2.45) is 0 Å². The summed E-state index contributed by atoms with van der Waals surface area (Å²) in [4.78, 5) is 1.52. The van der Waals surface area contributed by atoms with Gasteiger partial charge in [-0.3, -0.25) is 0 Å². The molecule has 1 aliphatic carbocycles. The molecular formula is C14H22N2O2S3. The molecule has 21 heavy (non-hydrogen) atoms. The van der Waals surface area contributed by atoms with E-state index in [1.165, 1.54) is 12.8 Å². The lowest BCUT2D eigenvalue weighted by Gasteiger charge is -2.30. The molecule has 1 aromatic rings. The van der Waals surface area contributed by atoms with Crippen molar-refractivity contribution in [3.05, 3.63) is 15.8 Å². The smallest absolute Gasteiger partial charge is 0.244 e. The zero-order chi connectivity index (χ0) is 15.0. The van der Waals surface area contributed by atoms with Crippen molar-refractivity contribution in [2.75, 3.05) is 18.8 Å². The average Bonchev–Trinajstić information content (AvgIpc) is 3.19. The van der Waals surface area contributed by atoms with Crippen LogP contribution in [0, 0.1) is 6.92 Å². The maximum Gasteiger partial charge on any atom is 0.244 e. The quantitative estimate of drug-likeness (QED) is 0.890. The molecule has 3 rings (SSSR count). The molecule has 0 spiro atoms. The first kappa shape index (κ1) is 15.8. The Morgan fingerprint density at radius 2 is 2.19 bits per heavy atom. The van der Waals surface area contributed by atoms with Crippen LogP contribution >= 0.6 is 23.1 Å². The van der Waals surface area contributed by atoms with Crippen LogP contribution in [0.2, 0.25) is 0 Å². The molecule has 1 atom stereocenters. The zero-order valence-corrected chi connectivity index (χ0v) is 14.9. The molecule has 1 aromatic heterocycles. The maximum absolute atomic E-state index is 13.0. The standard InChI is InChI=1S/C14H22N2O2S3/c1-10-9-20-13(7-15-12-3-4-12)14(10)21(17,18)16-5-6-19-11(2)8-16/h9,11-12,15H,3-8H2,1-2H3. The summed E-state index contributed by atoms with van der Waals surface area (Å²) in [5.74, 6) is 0.888. The monoisotopic (exact) mass is 346 g/mol. The van der Waals surface area contributed by atoms with Gasteiger partial charge in [-0.15, -0.1) is 11.3 Å². The number of thiophene rings is 1. The van der Waals surface area contributed by atoms with Crippen LogP contribution in [-0.4, -0.2) is 42.9 Å². The highest BCUT2D eigenvalue weighted by Gasteiger charge is 2.33. The molecule has 2 heterocycles. The molecule has 118 valence electrons. The Hall–Kier alpha value is -0.0800. The number of hydrogen-bond donors (Lipinski definition) is 1. The molecule has 1 saturated carbocycles. The summed E-state index contributed by atoms with van der Waals surface area (Å²) in [6, 6.07) is 0.592. The first-order valence-corrected chi connectivity index (χ1v) is 10.8. The molecule has 0 amide bonds. The highest BCUT2D eigenvalue weighted by atomic mass is 32.2. The minimum Gasteiger partial charge on any atom is -0.309 e. The summed E-state index contributed by atoms with van der Waals surface area (Å²) in [7, 11) is -3.35. The Labute approximate surface area is 135 Å². The van der Waals surface area contributed by atoms with Gasteiger partial charge < -0.3 is 5.32 Å². The van der Waals surface area contributed by atoms with Crippen molar-refractivity contribution < 1.29 is 8.42 Å². The van der Waals surface area contributed by atoms with Gasteiger partial charge in [0.1, 0.15) is 4.90 Å². The van der Waals surface area contributed by atoms with Gasteiger partial charge in [-0.1, -0.05) is 6.92 Å². The van der Waals surface area contributed by atoms with Gasteiger partial charge in [-0.25, -0.2) is 8.42 Å². The van der Waals surface area contributed by atoms with E-state index in [4.69, 9.17) is 0 Å². The SMILES string of the molecule is Cc1csc(CNC2CC2)c1S(=O)(=O)N1CCSC(C)C1. The molecule has 1 aliphatic heterocycles. The molecule has 1 unspecified atom stereocenters. The number of nitrogens with zero attached hydrogens (tertiary/aromatic N) is 1. The fourth-order valence-electron chi connectivity index (χ4n) is 2.61. The number of hydrogen-bond acceptors (Lipinski definition) is 5. The Morgan fingerprint density at radius 3 is 2.86 bits per heavy atom. The number of nitrogens with one attached hydrogen (secondary N) is 1. The fraction of sp³-hybridized carbons (Fsp3) is 0.714. The third-order valence-electron chi connectivity index (χ3n) is 3.92. The number of sulfonamides is 1. The lowest BCUT2D eigenvalue weighted by molar-refractivity contribution is 0.423. The Morgan fingerprint density at radius 1 is 1.43 bits per heavy atom. The van der Waals surface area contributed by atoms with Crippen LogP contribution in [0.1, 0.15) is 30.2 Å². The normalized spacial score (nSPS) is 24.4. The van der Waals surface area contributed by atoms with E-state index < -0.39 is 10.0 Å². The topological polar surface area (TPSA) is 49.4 Å². The molecule has 7 heteroatoms. The van der Waals surface area contributed by atoms with E-state index in [1.54, 1.807) is 15.6 Å². The number of thioether (sulfide) groups is 1. The second kappa shape index (κ2) is 6.20. The van der Waals surface area contributed by atoms with E-state index in [1.807, 2.05) is 24.1 Å². The van der Waals surface area contributed by atoms with E-state index in [-0.39, 0.29) is 0 Å². The molecule has 4 nitrogen and oxygen atoms in total. The van der Waals surface area contributed by atoms with Gasteiger partial charge in [0, 0.05) is 41.6 Å². The van der Waals surface area contributed by atoms with Crippen LogP contribution < -0.4 is 5.32 Å². The molecule has 0 bridgehead atoms. The highest BCUT2D eigenvalue weighted by Crippen LogP contribution is 2.32. The largest absolute Gasteiger partial charge is 0.309 e. The van der Waals surface area contributed by atoms with E-state index in [9.17, 15) is 8.42 Å². The minimum atomic E-state index is -3.35. The molecule has 1 saturated heterocycles. The second-order valence-electron chi connectivity index (χ2n) is 5.87. The summed E-state index contributed by atoms with van der Waals surface area (Å²) in [6.45, 7) is 5.93. The Kier molecular flexibility index (Phi) is 4.66. The van der Waals surface area contributed by atoms with Crippen LogP contribution in [0.5, 0.6) is 0 Å². The van der Waals surface area contributed by atoms with Crippen LogP contribution in [0.4, 0.5) is 0 Å². The van der Waals surface area contributed by atoms with Gasteiger partial charge in [-0.2, -0.15) is 16.1 Å². The zero-order valence-electron chi connectivity index (χ0n) is 12.5. The van der Waals surface area contributed by atoms with Crippen LogP contribution in [-0.2, 0) is 16.6 Å². The summed E-state index contributed by atoms with van der Waals surface area (Å²) in [5, 5.41) is 5.78. The van der Waals surface area contributed by atoms with Gasteiger partial charge in [0.05, 0.1) is 0 Å². The third kappa shape index (κ3) is 3.47. The first-order chi connectivity index (χ1) is 9.98. The average molecular weight is 347 g/mol. The summed E-state index contributed by atoms with van der Waals surface area (Å²) in [6.07, 6.45) is 2.43. The van der Waals surface area contributed by atoms with Crippen molar-refractivity contribution in [1.82, 2.24) is 9.62 Å². The summed E-state index contributed by atoms with van der Waals surface area (Å²) < 4.78 is 27.7. The minimum absolute atomic E-state index is 0.375. The Bertz CT molecular complexity index is 608. The van der Waals surface area contributed by atoms with Crippen molar-refractivity contribution in [3.8, 4) is 0 Å². The van der Waals surface area contributed by atoms with Crippen molar-refractivity contribution in [1.29, 1.82) is 0 Å². The van der Waals surface area contributed by atoms with Gasteiger partial charge in [0.2, 0.25) is 10.0 Å². The van der Waals surface area contributed by atoms with Gasteiger partial charge >= 0.3 is 0 Å². The van der Waals surface area contributed by atoms with E-state index >= 15 is 0 Å². The van der Waals surface area contributed by atoms with Crippen LogP contribution in [0.25, 0.3) is 0 Å². The van der Waals surface area contributed by atoms with Crippen molar-refractivity contribution in [2.45, 2.75) is 49.4 Å². The predicted molar refractivity (Wildman–Crippen MR) is 89.6 cm³/mol. The van der Waals surface area contributed by atoms with Crippen LogP contribution in [0.15, 0.2) is 10.3 Å². The van der Waals surface area contributed by atoms with Gasteiger partial charge in [-0.05, 0) is 30.7 Å². The number of rotatable bonds is 5. The number of aryl methyl sites for hydroxylation is 1. The lowest BCUT2D eigenvalue weighted by atomic mass is 10.3. The molecular weight excluding hydrogens is 324 g/mol. The summed E-state index contributed by atoms with van der Waals surface area (Å²) in [5.41, 5.74) is 0.887. The van der Waals surface area contributed by atoms with Crippen molar-refractivity contribution in [3.63, 3.8) is 0 Å². The lowest BCUT2D eigenvalue weighted by Crippen LogP contribution is -2.41. The molecule has 0 aromatic carbocycles. The van der Waals surface area contributed by atoms with E-state index in [2.05, 4.69) is 12.2 Å². The molecule has 0 radical (unpaired) electrons. The summed E-state index contributed by atoms with van der Waals surface area (Å²) >= 11 is 3.41. The fourth-order valence-corrected chi connectivity index (χ4v) is 7.08. The van der Waals surface area contributed by atoms with E-state index in [0.29, 0.717) is 35.8 Å². The molecule has 1 N–H and O–H groups in total. The molecule has 2 aliphatic rings. The highest BCUT2D eigenvalue weighted by molar-refractivity contribution is 8.00. The van der Waals surface area contributed by atoms with E-state index in [0.717, 1.165) is 16.2 Å². The van der Waals surface area contributed by atoms with Gasteiger partial charge in [0.25, 0.3) is 0 Å². The Balaban J connectivity index is 1.84. The predicted octanol–water partition coefficient (Wildman–Crippen LogP) is 2.43. The first-order valence-electron chi connectivity index (χ1n) is 7.40. The van der Waals surface area contributed by atoms with Crippen molar-refractivity contribution >= 4 is 33.1 Å². The van der Waals surface area contributed by atoms with Gasteiger partial charge in [0.15, 0.2) is 0 Å². The third-order valence-corrected chi connectivity index (χ3v) is 8.39.